The minimum absolute atomic E-state index is 0.143. The number of benzene rings is 3. The topological polar surface area (TPSA) is 55.4 Å². The van der Waals surface area contributed by atoms with E-state index in [-0.39, 0.29) is 4.90 Å². The number of nitrogens with one attached hydrogen (secondary N) is 1. The summed E-state index contributed by atoms with van der Waals surface area (Å²) in [5.74, 6) is 0.325. The summed E-state index contributed by atoms with van der Waals surface area (Å²) in [5.41, 5.74) is 2.71. The minimum Gasteiger partial charge on any atom is -0.381 e. The molecule has 0 aliphatic heterocycles. The predicted octanol–water partition coefficient (Wildman–Crippen LogP) is 4.37. The van der Waals surface area contributed by atoms with Gasteiger partial charge in [0.2, 0.25) is 0 Å². The highest BCUT2D eigenvalue weighted by atomic mass is 32.2. The van der Waals surface area contributed by atoms with Gasteiger partial charge in [0, 0.05) is 17.8 Å². The Labute approximate surface area is 148 Å². The second-order valence-corrected chi connectivity index (χ2v) is 7.22. The Hall–Kier alpha value is -2.79. The van der Waals surface area contributed by atoms with Crippen LogP contribution >= 0.6 is 0 Å². The smallest absolute Gasteiger partial charge is 0.339 e. The zero-order valence-corrected chi connectivity index (χ0v) is 14.7. The van der Waals surface area contributed by atoms with Crippen molar-refractivity contribution in [3.05, 3.63) is 90.0 Å². The fourth-order valence-corrected chi connectivity index (χ4v) is 3.32. The average molecular weight is 353 g/mol. The van der Waals surface area contributed by atoms with Crippen LogP contribution in [0.2, 0.25) is 0 Å². The lowest BCUT2D eigenvalue weighted by Gasteiger charge is -2.13. The Morgan fingerprint density at radius 2 is 1.48 bits per heavy atom. The normalized spacial score (nSPS) is 11.1. The van der Waals surface area contributed by atoms with E-state index in [0.717, 1.165) is 16.8 Å². The first kappa shape index (κ1) is 17.0. The maximum absolute atomic E-state index is 12.5. The van der Waals surface area contributed by atoms with Crippen molar-refractivity contribution in [3.8, 4) is 5.75 Å². The SMILES string of the molecule is Cc1ccc(S(=O)(=O)Oc2ccccc2CNc2ccccc2)cc1. The molecule has 0 heterocycles. The van der Waals surface area contributed by atoms with E-state index in [0.29, 0.717) is 12.3 Å². The molecule has 0 saturated carbocycles. The van der Waals surface area contributed by atoms with E-state index in [2.05, 4.69) is 5.32 Å². The fraction of sp³-hybridized carbons (Fsp3) is 0.100. The summed E-state index contributed by atoms with van der Waals surface area (Å²) < 4.78 is 30.4. The average Bonchev–Trinajstić information content (AvgIpc) is 2.62. The second-order valence-electron chi connectivity index (χ2n) is 5.68. The van der Waals surface area contributed by atoms with Crippen molar-refractivity contribution in [3.63, 3.8) is 0 Å². The van der Waals surface area contributed by atoms with Crippen LogP contribution in [0.25, 0.3) is 0 Å². The Balaban J connectivity index is 1.79. The summed E-state index contributed by atoms with van der Waals surface area (Å²) in [5, 5.41) is 3.26. The molecule has 5 heteroatoms. The lowest BCUT2D eigenvalue weighted by Crippen LogP contribution is -2.12. The first-order valence-corrected chi connectivity index (χ1v) is 9.33. The molecule has 0 aliphatic carbocycles. The van der Waals surface area contributed by atoms with Gasteiger partial charge in [0.1, 0.15) is 10.6 Å². The zero-order chi connectivity index (χ0) is 17.7. The van der Waals surface area contributed by atoms with Crippen LogP contribution in [0.3, 0.4) is 0 Å². The van der Waals surface area contributed by atoms with Gasteiger partial charge in [0.15, 0.2) is 0 Å². The first-order chi connectivity index (χ1) is 12.0. The summed E-state index contributed by atoms with van der Waals surface area (Å²) in [7, 11) is -3.86. The monoisotopic (exact) mass is 353 g/mol. The molecule has 3 aromatic rings. The van der Waals surface area contributed by atoms with Crippen LogP contribution in [0.4, 0.5) is 5.69 Å². The standard InChI is InChI=1S/C20H19NO3S/c1-16-11-13-19(14-12-16)25(22,23)24-20-10-6-5-7-17(20)15-21-18-8-3-2-4-9-18/h2-14,21H,15H2,1H3. The van der Waals surface area contributed by atoms with Crippen LogP contribution < -0.4 is 9.50 Å². The third-order valence-corrected chi connectivity index (χ3v) is 4.99. The molecule has 3 rings (SSSR count). The van der Waals surface area contributed by atoms with E-state index in [9.17, 15) is 8.42 Å². The van der Waals surface area contributed by atoms with Gasteiger partial charge in [0.25, 0.3) is 0 Å². The van der Waals surface area contributed by atoms with Crippen molar-refractivity contribution in [2.75, 3.05) is 5.32 Å². The van der Waals surface area contributed by atoms with Crippen molar-refractivity contribution in [1.29, 1.82) is 0 Å². The molecule has 1 N–H and O–H groups in total. The highest BCUT2D eigenvalue weighted by molar-refractivity contribution is 7.87. The fourth-order valence-electron chi connectivity index (χ4n) is 2.36. The lowest BCUT2D eigenvalue weighted by molar-refractivity contribution is 0.483. The number of rotatable bonds is 6. The van der Waals surface area contributed by atoms with E-state index in [4.69, 9.17) is 4.18 Å². The Kier molecular flexibility index (Phi) is 5.05. The molecule has 4 nitrogen and oxygen atoms in total. The highest BCUT2D eigenvalue weighted by Gasteiger charge is 2.18. The van der Waals surface area contributed by atoms with Crippen molar-refractivity contribution < 1.29 is 12.6 Å². The number of hydrogen-bond acceptors (Lipinski definition) is 4. The van der Waals surface area contributed by atoms with Crippen LogP contribution in [0.1, 0.15) is 11.1 Å². The van der Waals surface area contributed by atoms with Gasteiger partial charge >= 0.3 is 10.1 Å². The number of hydrogen-bond donors (Lipinski definition) is 1. The predicted molar refractivity (Wildman–Crippen MR) is 99.2 cm³/mol. The molecule has 128 valence electrons. The second kappa shape index (κ2) is 7.40. The van der Waals surface area contributed by atoms with Gasteiger partial charge in [-0.25, -0.2) is 0 Å². The number of aryl methyl sites for hydroxylation is 1. The molecule has 0 aromatic heterocycles. The Morgan fingerprint density at radius 1 is 0.840 bits per heavy atom. The van der Waals surface area contributed by atoms with Crippen LogP contribution in [0.15, 0.2) is 83.8 Å². The number of para-hydroxylation sites is 2. The molecular formula is C20H19NO3S. The van der Waals surface area contributed by atoms with Crippen LogP contribution in [0, 0.1) is 6.92 Å². The molecule has 0 aliphatic rings. The van der Waals surface area contributed by atoms with Gasteiger partial charge in [-0.2, -0.15) is 8.42 Å². The summed E-state index contributed by atoms with van der Waals surface area (Å²) in [4.78, 5) is 0.143. The van der Waals surface area contributed by atoms with E-state index in [1.807, 2.05) is 49.4 Å². The maximum Gasteiger partial charge on any atom is 0.339 e. The van der Waals surface area contributed by atoms with E-state index in [1.54, 1.807) is 36.4 Å². The molecule has 0 amide bonds. The van der Waals surface area contributed by atoms with Gasteiger partial charge in [-0.15, -0.1) is 0 Å². The quantitative estimate of drug-likeness (QED) is 0.669. The summed E-state index contributed by atoms with van der Waals surface area (Å²) in [6.45, 7) is 2.37. The van der Waals surface area contributed by atoms with Crippen LogP contribution in [-0.4, -0.2) is 8.42 Å². The summed E-state index contributed by atoms with van der Waals surface area (Å²) in [6, 6.07) is 23.4. The molecule has 25 heavy (non-hydrogen) atoms. The molecule has 0 bridgehead atoms. The van der Waals surface area contributed by atoms with Gasteiger partial charge in [0.05, 0.1) is 0 Å². The minimum atomic E-state index is -3.86. The summed E-state index contributed by atoms with van der Waals surface area (Å²) >= 11 is 0. The highest BCUT2D eigenvalue weighted by Crippen LogP contribution is 2.24. The first-order valence-electron chi connectivity index (χ1n) is 7.92. The van der Waals surface area contributed by atoms with E-state index >= 15 is 0 Å². The van der Waals surface area contributed by atoms with Crippen molar-refractivity contribution >= 4 is 15.8 Å². The lowest BCUT2D eigenvalue weighted by atomic mass is 10.2. The largest absolute Gasteiger partial charge is 0.381 e. The van der Waals surface area contributed by atoms with Gasteiger partial charge in [-0.1, -0.05) is 54.1 Å². The van der Waals surface area contributed by atoms with Crippen molar-refractivity contribution in [2.45, 2.75) is 18.4 Å². The zero-order valence-electron chi connectivity index (χ0n) is 13.8. The van der Waals surface area contributed by atoms with E-state index < -0.39 is 10.1 Å². The molecular weight excluding hydrogens is 334 g/mol. The molecule has 0 unspecified atom stereocenters. The molecule has 0 fully saturated rings. The summed E-state index contributed by atoms with van der Waals surface area (Å²) in [6.07, 6.45) is 0. The van der Waals surface area contributed by atoms with Crippen LogP contribution in [-0.2, 0) is 16.7 Å². The van der Waals surface area contributed by atoms with Gasteiger partial charge < -0.3 is 9.50 Å². The van der Waals surface area contributed by atoms with Gasteiger partial charge in [-0.3, -0.25) is 0 Å². The van der Waals surface area contributed by atoms with Crippen molar-refractivity contribution in [2.24, 2.45) is 0 Å². The van der Waals surface area contributed by atoms with E-state index in [1.165, 1.54) is 0 Å². The number of anilines is 1. The molecule has 0 saturated heterocycles. The Morgan fingerprint density at radius 3 is 2.20 bits per heavy atom. The molecule has 0 spiro atoms. The molecule has 0 atom stereocenters. The van der Waals surface area contributed by atoms with Crippen molar-refractivity contribution in [1.82, 2.24) is 0 Å². The molecule has 3 aromatic carbocycles. The van der Waals surface area contributed by atoms with Crippen LogP contribution in [0.5, 0.6) is 5.75 Å². The molecule has 0 radical (unpaired) electrons. The maximum atomic E-state index is 12.5. The Bertz CT molecular complexity index is 936. The third-order valence-electron chi connectivity index (χ3n) is 3.74. The van der Waals surface area contributed by atoms with Gasteiger partial charge in [-0.05, 0) is 37.3 Å². The third kappa shape index (κ3) is 4.39.